The van der Waals surface area contributed by atoms with Gasteiger partial charge < -0.3 is 36.6 Å². The van der Waals surface area contributed by atoms with E-state index in [2.05, 4.69) is 46.5 Å². The SMILES string of the molecule is Cc1ccc(Br)cc1NC(=O)c1nc[nH]c1C(=O)Nc1nc2cc(OCCCN3CCN(C(=O)O)C(C(N)=O)(C(N)=O)C3)ccc2[nH]1. The van der Waals surface area contributed by atoms with Gasteiger partial charge in [0.25, 0.3) is 23.6 Å². The first-order chi connectivity index (χ1) is 22.4. The molecule has 246 valence electrons. The molecular formula is C29H31BrN10O7. The maximum atomic E-state index is 13.0. The third-order valence-electron chi connectivity index (χ3n) is 7.70. The normalized spacial score (nSPS) is 14.5. The van der Waals surface area contributed by atoms with Gasteiger partial charge in [-0.3, -0.25) is 34.3 Å². The number of aryl methyl sites for hydroxylation is 1. The number of rotatable bonds is 11. The van der Waals surface area contributed by atoms with Gasteiger partial charge in [-0.05, 0) is 43.2 Å². The molecule has 1 fully saturated rings. The van der Waals surface area contributed by atoms with Crippen molar-refractivity contribution in [3.05, 3.63) is 64.1 Å². The highest BCUT2D eigenvalue weighted by molar-refractivity contribution is 9.10. The topological polar surface area (TPSA) is 255 Å². The number of hydrogen-bond acceptors (Lipinski definition) is 9. The minimum Gasteiger partial charge on any atom is -0.493 e. The molecule has 2 aromatic heterocycles. The van der Waals surface area contributed by atoms with Crippen LogP contribution in [0, 0.1) is 6.92 Å². The fourth-order valence-corrected chi connectivity index (χ4v) is 5.61. The van der Waals surface area contributed by atoms with Crippen LogP contribution >= 0.6 is 15.9 Å². The van der Waals surface area contributed by atoms with Crippen molar-refractivity contribution in [3.63, 3.8) is 0 Å². The number of piperazine rings is 1. The number of carboxylic acid groups (broad SMARTS) is 1. The van der Waals surface area contributed by atoms with Crippen LogP contribution in [-0.2, 0) is 9.59 Å². The van der Waals surface area contributed by atoms with Crippen LogP contribution in [0.15, 0.2) is 47.2 Å². The molecule has 1 aliphatic heterocycles. The number of hydrogen-bond donors (Lipinski definition) is 7. The lowest BCUT2D eigenvalue weighted by molar-refractivity contribution is -0.146. The second-order valence-corrected chi connectivity index (χ2v) is 11.7. The number of ether oxygens (including phenoxy) is 1. The van der Waals surface area contributed by atoms with E-state index in [1.54, 1.807) is 29.2 Å². The average Bonchev–Trinajstić information content (AvgIpc) is 3.67. The molecule has 0 spiro atoms. The second-order valence-electron chi connectivity index (χ2n) is 10.8. The molecule has 4 aromatic rings. The molecule has 0 atom stereocenters. The van der Waals surface area contributed by atoms with Crippen LogP contribution in [0.2, 0.25) is 0 Å². The highest BCUT2D eigenvalue weighted by Crippen LogP contribution is 2.25. The molecule has 0 unspecified atom stereocenters. The molecule has 5 rings (SSSR count). The number of nitrogens with zero attached hydrogens (tertiary/aromatic N) is 4. The van der Waals surface area contributed by atoms with Crippen LogP contribution in [0.25, 0.3) is 11.0 Å². The number of fused-ring (bicyclic) bond motifs is 1. The van der Waals surface area contributed by atoms with Gasteiger partial charge in [-0.2, -0.15) is 0 Å². The van der Waals surface area contributed by atoms with Crippen molar-refractivity contribution in [1.29, 1.82) is 0 Å². The summed E-state index contributed by atoms with van der Waals surface area (Å²) in [6.07, 6.45) is 0.270. The Balaban J connectivity index is 1.17. The number of H-pyrrole nitrogens is 2. The van der Waals surface area contributed by atoms with Crippen LogP contribution in [-0.4, -0.2) is 103 Å². The molecule has 2 aromatic carbocycles. The minimum absolute atomic E-state index is 0.0482. The van der Waals surface area contributed by atoms with E-state index >= 15 is 0 Å². The van der Waals surface area contributed by atoms with Crippen LogP contribution < -0.4 is 26.8 Å². The van der Waals surface area contributed by atoms with Crippen LogP contribution in [0.5, 0.6) is 5.75 Å². The number of amides is 5. The summed E-state index contributed by atoms with van der Waals surface area (Å²) in [7, 11) is 0. The summed E-state index contributed by atoms with van der Waals surface area (Å²) < 4.78 is 6.63. The Bertz CT molecular complexity index is 1860. The van der Waals surface area contributed by atoms with E-state index < -0.39 is 35.3 Å². The Morgan fingerprint density at radius 2 is 1.83 bits per heavy atom. The van der Waals surface area contributed by atoms with E-state index in [0.717, 1.165) is 10.0 Å². The summed E-state index contributed by atoms with van der Waals surface area (Å²) in [5.74, 6) is -2.81. The Labute approximate surface area is 275 Å². The number of anilines is 2. The number of benzene rings is 2. The fraction of sp³-hybridized carbons (Fsp3) is 0.276. The zero-order chi connectivity index (χ0) is 33.9. The number of nitrogens with two attached hydrogens (primary N) is 2. The summed E-state index contributed by atoms with van der Waals surface area (Å²) in [5.41, 5.74) is 11.1. The number of aromatic nitrogens is 4. The molecule has 0 aliphatic carbocycles. The molecule has 1 aliphatic rings. The number of imidazole rings is 2. The number of carbonyl (C=O) groups is 5. The lowest BCUT2D eigenvalue weighted by atomic mass is 9.92. The van der Waals surface area contributed by atoms with Crippen molar-refractivity contribution in [2.45, 2.75) is 18.9 Å². The van der Waals surface area contributed by atoms with Crippen molar-refractivity contribution >= 4 is 68.3 Å². The van der Waals surface area contributed by atoms with E-state index in [1.165, 1.54) is 6.33 Å². The minimum atomic E-state index is -2.16. The number of nitrogens with one attached hydrogen (secondary N) is 4. The Morgan fingerprint density at radius 1 is 1.06 bits per heavy atom. The van der Waals surface area contributed by atoms with Crippen molar-refractivity contribution in [1.82, 2.24) is 29.7 Å². The van der Waals surface area contributed by atoms with Crippen LogP contribution in [0.1, 0.15) is 33.0 Å². The largest absolute Gasteiger partial charge is 0.493 e. The third kappa shape index (κ3) is 6.87. The monoisotopic (exact) mass is 710 g/mol. The lowest BCUT2D eigenvalue weighted by Gasteiger charge is -2.45. The highest BCUT2D eigenvalue weighted by atomic mass is 79.9. The first-order valence-corrected chi connectivity index (χ1v) is 15.1. The Hall–Kier alpha value is -5.49. The molecule has 1 saturated heterocycles. The van der Waals surface area contributed by atoms with Gasteiger partial charge >= 0.3 is 6.09 Å². The van der Waals surface area contributed by atoms with E-state index in [0.29, 0.717) is 40.3 Å². The molecule has 18 heteroatoms. The summed E-state index contributed by atoms with van der Waals surface area (Å²) in [6, 6.07) is 10.5. The summed E-state index contributed by atoms with van der Waals surface area (Å²) in [6.45, 7) is 2.38. The number of carbonyl (C=O) groups excluding carboxylic acids is 4. The molecule has 9 N–H and O–H groups in total. The van der Waals surface area contributed by atoms with Gasteiger partial charge in [0.2, 0.25) is 11.5 Å². The molecule has 17 nitrogen and oxygen atoms in total. The molecule has 3 heterocycles. The second kappa shape index (κ2) is 13.5. The maximum Gasteiger partial charge on any atom is 0.408 e. The first kappa shape index (κ1) is 32.9. The predicted molar refractivity (Wildman–Crippen MR) is 172 cm³/mol. The van der Waals surface area contributed by atoms with Gasteiger partial charge in [0.1, 0.15) is 11.4 Å². The van der Waals surface area contributed by atoms with Gasteiger partial charge in [-0.1, -0.05) is 22.0 Å². The fourth-order valence-electron chi connectivity index (χ4n) is 5.25. The molecule has 0 radical (unpaired) electrons. The molecule has 0 saturated carbocycles. The van der Waals surface area contributed by atoms with Gasteiger partial charge in [0.15, 0.2) is 5.69 Å². The summed E-state index contributed by atoms with van der Waals surface area (Å²) in [5, 5.41) is 14.9. The Kier molecular flexibility index (Phi) is 9.43. The standard InChI is InChI=1S/C29H31BrN10O7/c1-15-3-4-16(30)11-19(15)35-23(41)21-22(34-14-33-21)24(42)38-27-36-18-6-5-17(12-20(18)37-27)47-10-2-7-39-8-9-40(28(45)46)29(13-39,25(31)43)26(32)44/h3-6,11-12,14H,2,7-10,13H2,1H3,(H2,31,43)(H2,32,44)(H,33,34)(H,35,41)(H,45,46)(H2,36,37,38,42). The van der Waals surface area contributed by atoms with Crippen molar-refractivity contribution in [2.75, 3.05) is 43.4 Å². The average molecular weight is 712 g/mol. The van der Waals surface area contributed by atoms with Gasteiger partial charge in [-0.25, -0.2) is 14.8 Å². The van der Waals surface area contributed by atoms with Crippen molar-refractivity contribution in [3.8, 4) is 5.75 Å². The predicted octanol–water partition coefficient (Wildman–Crippen LogP) is 1.64. The Morgan fingerprint density at radius 3 is 2.55 bits per heavy atom. The number of primary amides is 2. The number of aromatic amines is 2. The molecule has 5 amide bonds. The summed E-state index contributed by atoms with van der Waals surface area (Å²) in [4.78, 5) is 78.5. The molecule has 0 bridgehead atoms. The van der Waals surface area contributed by atoms with Gasteiger partial charge in [0, 0.05) is 42.4 Å². The summed E-state index contributed by atoms with van der Waals surface area (Å²) >= 11 is 3.38. The zero-order valence-electron chi connectivity index (χ0n) is 25.0. The van der Waals surface area contributed by atoms with Gasteiger partial charge in [0.05, 0.1) is 24.0 Å². The van der Waals surface area contributed by atoms with Crippen molar-refractivity contribution in [2.24, 2.45) is 11.5 Å². The quantitative estimate of drug-likeness (QED) is 0.0874. The third-order valence-corrected chi connectivity index (χ3v) is 8.20. The first-order valence-electron chi connectivity index (χ1n) is 14.3. The van der Waals surface area contributed by atoms with E-state index in [4.69, 9.17) is 16.2 Å². The van der Waals surface area contributed by atoms with E-state index in [9.17, 15) is 29.1 Å². The van der Waals surface area contributed by atoms with Crippen molar-refractivity contribution < 1.29 is 33.8 Å². The molecule has 47 heavy (non-hydrogen) atoms. The lowest BCUT2D eigenvalue weighted by Crippen LogP contribution is -2.74. The van der Waals surface area contributed by atoms with E-state index in [1.807, 2.05) is 19.1 Å². The van der Waals surface area contributed by atoms with Gasteiger partial charge in [-0.15, -0.1) is 0 Å². The van der Waals surface area contributed by atoms with E-state index in [-0.39, 0.29) is 43.6 Å². The number of halogens is 1. The smallest absolute Gasteiger partial charge is 0.408 e. The highest BCUT2D eigenvalue weighted by Gasteiger charge is 2.54. The van der Waals surface area contributed by atoms with Crippen LogP contribution in [0.4, 0.5) is 16.4 Å². The van der Waals surface area contributed by atoms with Crippen LogP contribution in [0.3, 0.4) is 0 Å². The zero-order valence-corrected chi connectivity index (χ0v) is 26.6. The maximum absolute atomic E-state index is 13.0. The molecular weight excluding hydrogens is 680 g/mol.